The molecule has 0 saturated heterocycles. The van der Waals surface area contributed by atoms with Crippen LogP contribution in [0.25, 0.3) is 0 Å². The largest absolute Gasteiger partial charge is 0.389 e. The lowest BCUT2D eigenvalue weighted by Gasteiger charge is -2.03. The molecule has 114 valence electrons. The second kappa shape index (κ2) is 6.20. The lowest BCUT2D eigenvalue weighted by atomic mass is 10.3. The number of aromatic nitrogens is 4. The van der Waals surface area contributed by atoms with Gasteiger partial charge in [0.05, 0.1) is 17.1 Å². The Kier molecular flexibility index (Phi) is 4.56. The third-order valence-electron chi connectivity index (χ3n) is 2.53. The molecule has 1 N–H and O–H groups in total. The molecule has 21 heavy (non-hydrogen) atoms. The van der Waals surface area contributed by atoms with E-state index < -0.39 is 12.6 Å². The fraction of sp³-hybridized carbons (Fsp3) is 0.455. The van der Waals surface area contributed by atoms with Gasteiger partial charge in [0.25, 0.3) is 0 Å². The number of aryl methyl sites for hydroxylation is 2. The molecule has 0 aromatic carbocycles. The Balaban J connectivity index is 1.87. The first kappa shape index (κ1) is 15.4. The Morgan fingerprint density at radius 3 is 2.86 bits per heavy atom. The van der Waals surface area contributed by atoms with Crippen LogP contribution in [-0.2, 0) is 24.7 Å². The zero-order valence-corrected chi connectivity index (χ0v) is 11.8. The third-order valence-corrected chi connectivity index (χ3v) is 3.48. The van der Waals surface area contributed by atoms with E-state index in [0.29, 0.717) is 16.6 Å². The van der Waals surface area contributed by atoms with Crippen LogP contribution in [0.1, 0.15) is 17.1 Å². The summed E-state index contributed by atoms with van der Waals surface area (Å²) in [5.74, 6) is -0.0497. The van der Waals surface area contributed by atoms with Crippen LogP contribution in [0.4, 0.5) is 19.1 Å². The minimum absolute atomic E-state index is 0.0185. The molecule has 10 heteroatoms. The van der Waals surface area contributed by atoms with E-state index in [1.165, 1.54) is 10.9 Å². The van der Waals surface area contributed by atoms with Crippen LogP contribution in [0.15, 0.2) is 11.7 Å². The molecule has 6 nitrogen and oxygen atoms in total. The second-order valence-corrected chi connectivity index (χ2v) is 5.28. The molecule has 0 radical (unpaired) electrons. The molecule has 2 aromatic rings. The quantitative estimate of drug-likeness (QED) is 0.914. The van der Waals surface area contributed by atoms with Gasteiger partial charge < -0.3 is 4.57 Å². The van der Waals surface area contributed by atoms with Crippen molar-refractivity contribution in [3.8, 4) is 0 Å². The van der Waals surface area contributed by atoms with Crippen molar-refractivity contribution in [3.63, 3.8) is 0 Å². The monoisotopic (exact) mass is 319 g/mol. The standard InChI is InChI=1S/C11H12F3N5OS/c1-19-6-15-18-10(19)17-8(20)4-7-5-21-9(16-7)2-3-11(12,13)14/h5-6H,2-4H2,1H3,(H,17,18,20). The van der Waals surface area contributed by atoms with Gasteiger partial charge in [-0.1, -0.05) is 0 Å². The summed E-state index contributed by atoms with van der Waals surface area (Å²) in [6.45, 7) is 0. The van der Waals surface area contributed by atoms with Crippen LogP contribution in [0, 0.1) is 0 Å². The Hall–Kier alpha value is -1.97. The molecule has 0 spiro atoms. The molecular formula is C11H12F3N5OS. The molecule has 0 atom stereocenters. The highest BCUT2D eigenvalue weighted by molar-refractivity contribution is 7.09. The van der Waals surface area contributed by atoms with Crippen molar-refractivity contribution < 1.29 is 18.0 Å². The fourth-order valence-corrected chi connectivity index (χ4v) is 2.32. The molecule has 0 aliphatic heterocycles. The number of nitrogens with one attached hydrogen (secondary N) is 1. The van der Waals surface area contributed by atoms with Crippen LogP contribution in [0.2, 0.25) is 0 Å². The first-order valence-corrected chi connectivity index (χ1v) is 6.85. The number of alkyl halides is 3. The molecule has 2 rings (SSSR count). The molecular weight excluding hydrogens is 307 g/mol. The molecule has 0 unspecified atom stereocenters. The number of hydrogen-bond acceptors (Lipinski definition) is 5. The van der Waals surface area contributed by atoms with Crippen molar-refractivity contribution in [3.05, 3.63) is 22.4 Å². The number of hydrogen-bond donors (Lipinski definition) is 1. The van der Waals surface area contributed by atoms with Crippen molar-refractivity contribution in [2.45, 2.75) is 25.4 Å². The number of amides is 1. The Morgan fingerprint density at radius 1 is 1.48 bits per heavy atom. The number of thiazole rings is 1. The highest BCUT2D eigenvalue weighted by atomic mass is 32.1. The smallest absolute Gasteiger partial charge is 0.303 e. The summed E-state index contributed by atoms with van der Waals surface area (Å²) in [6.07, 6.45) is -3.86. The zero-order valence-electron chi connectivity index (χ0n) is 11.0. The summed E-state index contributed by atoms with van der Waals surface area (Å²) in [7, 11) is 1.67. The normalized spacial score (nSPS) is 11.6. The van der Waals surface area contributed by atoms with Gasteiger partial charge in [-0.2, -0.15) is 13.2 Å². The SMILES string of the molecule is Cn1cnnc1NC(=O)Cc1csc(CCC(F)(F)F)n1. The summed E-state index contributed by atoms with van der Waals surface area (Å²) in [5.41, 5.74) is 0.442. The molecule has 0 aliphatic carbocycles. The van der Waals surface area contributed by atoms with Crippen molar-refractivity contribution in [2.24, 2.45) is 7.05 Å². The average molecular weight is 319 g/mol. The Labute approximate surface area is 122 Å². The number of carbonyl (C=O) groups is 1. The average Bonchev–Trinajstić information content (AvgIpc) is 2.96. The summed E-state index contributed by atoms with van der Waals surface area (Å²) < 4.78 is 37.9. The first-order chi connectivity index (χ1) is 9.83. The van der Waals surface area contributed by atoms with Gasteiger partial charge in [-0.3, -0.25) is 10.1 Å². The van der Waals surface area contributed by atoms with Crippen molar-refractivity contribution in [1.82, 2.24) is 19.7 Å². The maximum Gasteiger partial charge on any atom is 0.389 e. The van der Waals surface area contributed by atoms with Crippen molar-refractivity contribution in [1.29, 1.82) is 0 Å². The number of rotatable bonds is 5. The molecule has 1 amide bonds. The topological polar surface area (TPSA) is 72.7 Å². The van der Waals surface area contributed by atoms with Gasteiger partial charge in [0.15, 0.2) is 0 Å². The number of halogens is 3. The van der Waals surface area contributed by atoms with E-state index in [-0.39, 0.29) is 18.7 Å². The van der Waals surface area contributed by atoms with Gasteiger partial charge in [-0.15, -0.1) is 21.5 Å². The third kappa shape index (κ3) is 4.81. The lowest BCUT2D eigenvalue weighted by molar-refractivity contribution is -0.134. The van der Waals surface area contributed by atoms with E-state index in [1.807, 2.05) is 0 Å². The van der Waals surface area contributed by atoms with Gasteiger partial charge in [0.2, 0.25) is 11.9 Å². The fourth-order valence-electron chi connectivity index (χ4n) is 1.52. The van der Waals surface area contributed by atoms with Gasteiger partial charge in [0, 0.05) is 25.3 Å². The van der Waals surface area contributed by atoms with E-state index in [0.717, 1.165) is 11.3 Å². The van der Waals surface area contributed by atoms with Crippen LogP contribution in [-0.4, -0.2) is 31.8 Å². The highest BCUT2D eigenvalue weighted by Crippen LogP contribution is 2.23. The molecule has 2 heterocycles. The summed E-state index contributed by atoms with van der Waals surface area (Å²) in [6, 6.07) is 0. The van der Waals surface area contributed by atoms with E-state index >= 15 is 0 Å². The van der Waals surface area contributed by atoms with Crippen LogP contribution >= 0.6 is 11.3 Å². The summed E-state index contributed by atoms with van der Waals surface area (Å²) >= 11 is 1.12. The maximum atomic E-state index is 12.1. The Morgan fingerprint density at radius 2 is 2.24 bits per heavy atom. The predicted molar refractivity (Wildman–Crippen MR) is 69.8 cm³/mol. The summed E-state index contributed by atoms with van der Waals surface area (Å²) in [4.78, 5) is 15.8. The molecule has 2 aromatic heterocycles. The number of carbonyl (C=O) groups excluding carboxylic acids is 1. The number of anilines is 1. The van der Waals surface area contributed by atoms with Gasteiger partial charge in [-0.05, 0) is 0 Å². The summed E-state index contributed by atoms with van der Waals surface area (Å²) in [5, 5.41) is 11.8. The number of nitrogens with zero attached hydrogens (tertiary/aromatic N) is 4. The highest BCUT2D eigenvalue weighted by Gasteiger charge is 2.27. The van der Waals surface area contributed by atoms with Crippen LogP contribution in [0.5, 0.6) is 0 Å². The zero-order chi connectivity index (χ0) is 15.5. The van der Waals surface area contributed by atoms with E-state index in [4.69, 9.17) is 0 Å². The van der Waals surface area contributed by atoms with Gasteiger partial charge >= 0.3 is 6.18 Å². The molecule has 0 aliphatic rings. The van der Waals surface area contributed by atoms with Crippen LogP contribution in [0.3, 0.4) is 0 Å². The minimum atomic E-state index is -4.20. The predicted octanol–water partition coefficient (Wildman–Crippen LogP) is 1.95. The molecule has 0 bridgehead atoms. The second-order valence-electron chi connectivity index (χ2n) is 4.34. The molecule has 0 fully saturated rings. The first-order valence-electron chi connectivity index (χ1n) is 5.97. The van der Waals surface area contributed by atoms with E-state index in [1.54, 1.807) is 12.4 Å². The lowest BCUT2D eigenvalue weighted by Crippen LogP contribution is -2.17. The van der Waals surface area contributed by atoms with Gasteiger partial charge in [0.1, 0.15) is 6.33 Å². The van der Waals surface area contributed by atoms with Crippen LogP contribution < -0.4 is 5.32 Å². The Bertz CT molecular complexity index is 621. The van der Waals surface area contributed by atoms with E-state index in [9.17, 15) is 18.0 Å². The minimum Gasteiger partial charge on any atom is -0.303 e. The van der Waals surface area contributed by atoms with E-state index in [2.05, 4.69) is 20.5 Å². The van der Waals surface area contributed by atoms with Crippen molar-refractivity contribution >= 4 is 23.2 Å². The van der Waals surface area contributed by atoms with Crippen molar-refractivity contribution in [2.75, 3.05) is 5.32 Å². The molecule has 0 saturated carbocycles. The van der Waals surface area contributed by atoms with Gasteiger partial charge in [-0.25, -0.2) is 4.98 Å². The maximum absolute atomic E-state index is 12.1.